The summed E-state index contributed by atoms with van der Waals surface area (Å²) < 4.78 is 12.1. The number of hydrogen-bond donors (Lipinski definition) is 3. The van der Waals surface area contributed by atoms with Gasteiger partial charge in [0.25, 0.3) is 5.91 Å². The summed E-state index contributed by atoms with van der Waals surface area (Å²) in [5, 5.41) is 20.8. The van der Waals surface area contributed by atoms with Crippen LogP contribution in [0.15, 0.2) is 79.0 Å². The molecule has 1 fully saturated rings. The van der Waals surface area contributed by atoms with Gasteiger partial charge in [0.15, 0.2) is 0 Å². The number of phenolic OH excluding ortho intramolecular Hbond substituents is 1. The fourth-order valence-electron chi connectivity index (χ4n) is 5.00. The van der Waals surface area contributed by atoms with Crippen LogP contribution in [0.2, 0.25) is 5.02 Å². The third-order valence-corrected chi connectivity index (χ3v) is 7.45. The molecule has 11 nitrogen and oxygen atoms in total. The Morgan fingerprint density at radius 1 is 1.11 bits per heavy atom. The summed E-state index contributed by atoms with van der Waals surface area (Å²) in [5.74, 6) is 4.92. The standard InChI is InChI=1S/C34H32ClN5O6/c1-39-19-24(31(38-39)27-18-25(35)12-15-29(27)41)11-8-22-9-13-26(14-10-22)36-33(43)28-20-46-17-16-40(28)34(44)32(37-30(42)21-45-2)23-6-4-3-5-7-23/h3-7,9-10,12-15,18-19,28,32,41H,16-17,20-21H2,1-2H3,(H,36,43)(H,37,42)/t28-,32+/m0/s1. The zero-order valence-electron chi connectivity index (χ0n) is 25.2. The first-order chi connectivity index (χ1) is 22.2. The predicted molar refractivity (Wildman–Crippen MR) is 172 cm³/mol. The SMILES string of the molecule is COCC(=O)N[C@@H](C(=O)N1CCOC[C@H]1C(=O)Nc1ccc(C#Cc2cn(C)nc2-c2cc(Cl)ccc2O)cc1)c1ccccc1. The Kier molecular flexibility index (Phi) is 10.3. The van der Waals surface area contributed by atoms with Crippen molar-refractivity contribution in [3.8, 4) is 28.8 Å². The van der Waals surface area contributed by atoms with E-state index >= 15 is 0 Å². The van der Waals surface area contributed by atoms with Crippen molar-refractivity contribution in [2.45, 2.75) is 12.1 Å². The van der Waals surface area contributed by atoms with Crippen LogP contribution in [0.5, 0.6) is 5.75 Å². The fraction of sp³-hybridized carbons (Fsp3) is 0.235. The average molecular weight is 642 g/mol. The average Bonchev–Trinajstić information content (AvgIpc) is 3.44. The van der Waals surface area contributed by atoms with Gasteiger partial charge in [0.2, 0.25) is 11.8 Å². The number of rotatable bonds is 8. The maximum atomic E-state index is 13.8. The largest absolute Gasteiger partial charge is 0.507 e. The summed E-state index contributed by atoms with van der Waals surface area (Å²) in [7, 11) is 3.16. The number of morpholine rings is 1. The van der Waals surface area contributed by atoms with E-state index in [2.05, 4.69) is 27.6 Å². The molecule has 0 aliphatic carbocycles. The van der Waals surface area contributed by atoms with Crippen molar-refractivity contribution in [3.63, 3.8) is 0 Å². The van der Waals surface area contributed by atoms with Gasteiger partial charge in [-0.2, -0.15) is 5.10 Å². The number of phenols is 1. The molecule has 0 radical (unpaired) electrons. The van der Waals surface area contributed by atoms with E-state index in [0.717, 1.165) is 0 Å². The number of hydrogen-bond acceptors (Lipinski definition) is 7. The number of carbonyl (C=O) groups is 3. The second-order valence-electron chi connectivity index (χ2n) is 10.5. The summed E-state index contributed by atoms with van der Waals surface area (Å²) in [6.07, 6.45) is 1.75. The lowest BCUT2D eigenvalue weighted by atomic mass is 10.0. The van der Waals surface area contributed by atoms with E-state index in [1.807, 2.05) is 6.07 Å². The van der Waals surface area contributed by atoms with Gasteiger partial charge in [0.1, 0.15) is 30.1 Å². The van der Waals surface area contributed by atoms with Crippen LogP contribution in [-0.4, -0.2) is 77.0 Å². The van der Waals surface area contributed by atoms with Gasteiger partial charge in [0, 0.05) is 48.7 Å². The highest BCUT2D eigenvalue weighted by atomic mass is 35.5. The zero-order chi connectivity index (χ0) is 32.6. The molecule has 2 heterocycles. The Hall–Kier alpha value is -5.15. The first kappa shape index (κ1) is 32.2. The number of benzene rings is 3. The Labute approximate surface area is 271 Å². The molecular weight excluding hydrogens is 610 g/mol. The van der Waals surface area contributed by atoms with E-state index in [1.165, 1.54) is 18.1 Å². The van der Waals surface area contributed by atoms with E-state index < -0.39 is 29.8 Å². The molecule has 1 aliphatic rings. The van der Waals surface area contributed by atoms with Crippen molar-refractivity contribution in [1.29, 1.82) is 0 Å². The Bertz CT molecular complexity index is 1780. The minimum absolute atomic E-state index is 0.00425. The van der Waals surface area contributed by atoms with Gasteiger partial charge in [-0.1, -0.05) is 53.8 Å². The van der Waals surface area contributed by atoms with Gasteiger partial charge in [-0.15, -0.1) is 0 Å². The van der Waals surface area contributed by atoms with Gasteiger partial charge in [-0.05, 0) is 48.0 Å². The monoisotopic (exact) mass is 641 g/mol. The molecule has 12 heteroatoms. The normalized spacial score (nSPS) is 14.9. The number of ether oxygens (including phenoxy) is 2. The number of nitrogens with one attached hydrogen (secondary N) is 2. The maximum Gasteiger partial charge on any atom is 0.250 e. The van der Waals surface area contributed by atoms with Crippen molar-refractivity contribution >= 4 is 35.0 Å². The molecule has 2 atom stereocenters. The Morgan fingerprint density at radius 3 is 2.61 bits per heavy atom. The highest BCUT2D eigenvalue weighted by Crippen LogP contribution is 2.32. The number of aryl methyl sites for hydroxylation is 1. The number of methoxy groups -OCH3 is 1. The van der Waals surface area contributed by atoms with E-state index in [1.54, 1.807) is 78.6 Å². The number of aromatic nitrogens is 2. The van der Waals surface area contributed by atoms with Crippen LogP contribution in [0, 0.1) is 11.8 Å². The molecule has 3 aromatic carbocycles. The summed E-state index contributed by atoms with van der Waals surface area (Å²) >= 11 is 6.13. The van der Waals surface area contributed by atoms with E-state index in [4.69, 9.17) is 21.1 Å². The van der Waals surface area contributed by atoms with Gasteiger partial charge in [-0.3, -0.25) is 19.1 Å². The van der Waals surface area contributed by atoms with Crippen molar-refractivity contribution in [2.24, 2.45) is 7.05 Å². The quantitative estimate of drug-likeness (QED) is 0.251. The summed E-state index contributed by atoms with van der Waals surface area (Å²) in [6.45, 7) is 0.230. The summed E-state index contributed by atoms with van der Waals surface area (Å²) in [6, 6.07) is 18.6. The lowest BCUT2D eigenvalue weighted by Gasteiger charge is -2.37. The lowest BCUT2D eigenvalue weighted by molar-refractivity contribution is -0.149. The van der Waals surface area contributed by atoms with Crippen LogP contribution in [0.3, 0.4) is 0 Å². The van der Waals surface area contributed by atoms with Gasteiger partial charge < -0.3 is 30.1 Å². The topological polar surface area (TPSA) is 135 Å². The highest BCUT2D eigenvalue weighted by Gasteiger charge is 2.37. The third kappa shape index (κ3) is 7.73. The van der Waals surface area contributed by atoms with Gasteiger partial charge in [-0.25, -0.2) is 0 Å². The smallest absolute Gasteiger partial charge is 0.250 e. The Balaban J connectivity index is 1.30. The number of nitrogens with zero attached hydrogens (tertiary/aromatic N) is 3. The van der Waals surface area contributed by atoms with Gasteiger partial charge in [0.05, 0.1) is 18.8 Å². The first-order valence-electron chi connectivity index (χ1n) is 14.4. The zero-order valence-corrected chi connectivity index (χ0v) is 26.0. The molecule has 0 saturated carbocycles. The summed E-state index contributed by atoms with van der Waals surface area (Å²) in [4.78, 5) is 41.0. The van der Waals surface area contributed by atoms with Crippen molar-refractivity contribution in [1.82, 2.24) is 20.0 Å². The molecule has 3 amide bonds. The number of carbonyl (C=O) groups excluding carboxylic acids is 3. The molecule has 1 saturated heterocycles. The minimum atomic E-state index is -1.00. The van der Waals surface area contributed by atoms with Crippen LogP contribution in [0.25, 0.3) is 11.3 Å². The maximum absolute atomic E-state index is 13.8. The third-order valence-electron chi connectivity index (χ3n) is 7.21. The molecule has 46 heavy (non-hydrogen) atoms. The van der Waals surface area contributed by atoms with Gasteiger partial charge >= 0.3 is 0 Å². The molecule has 5 rings (SSSR count). The first-order valence-corrected chi connectivity index (χ1v) is 14.8. The van der Waals surface area contributed by atoms with Crippen molar-refractivity contribution < 1.29 is 29.0 Å². The van der Waals surface area contributed by atoms with Crippen molar-refractivity contribution in [2.75, 3.05) is 38.8 Å². The number of aromatic hydroxyl groups is 1. The molecule has 0 spiro atoms. The molecule has 1 aliphatic heterocycles. The van der Waals surface area contributed by atoms with E-state index in [-0.39, 0.29) is 32.1 Å². The van der Waals surface area contributed by atoms with E-state index in [0.29, 0.717) is 38.7 Å². The second kappa shape index (κ2) is 14.8. The van der Waals surface area contributed by atoms with Crippen LogP contribution in [0.1, 0.15) is 22.7 Å². The van der Waals surface area contributed by atoms with Crippen LogP contribution in [-0.2, 0) is 30.9 Å². The highest BCUT2D eigenvalue weighted by molar-refractivity contribution is 6.31. The molecule has 0 unspecified atom stereocenters. The minimum Gasteiger partial charge on any atom is -0.507 e. The fourth-order valence-corrected chi connectivity index (χ4v) is 5.17. The molecular formula is C34H32ClN5O6. The predicted octanol–water partition coefficient (Wildman–Crippen LogP) is 3.52. The second-order valence-corrected chi connectivity index (χ2v) is 10.9. The number of amides is 3. The molecule has 3 N–H and O–H groups in total. The summed E-state index contributed by atoms with van der Waals surface area (Å²) in [5.41, 5.74) is 3.35. The van der Waals surface area contributed by atoms with Crippen LogP contribution >= 0.6 is 11.6 Å². The van der Waals surface area contributed by atoms with Crippen LogP contribution in [0.4, 0.5) is 5.69 Å². The lowest BCUT2D eigenvalue weighted by Crippen LogP contribution is -2.57. The number of halogens is 1. The van der Waals surface area contributed by atoms with E-state index in [9.17, 15) is 19.5 Å². The van der Waals surface area contributed by atoms with Crippen LogP contribution < -0.4 is 10.6 Å². The number of anilines is 1. The molecule has 1 aromatic heterocycles. The molecule has 0 bridgehead atoms. The van der Waals surface area contributed by atoms with Crippen molar-refractivity contribution in [3.05, 3.63) is 101 Å². The Morgan fingerprint density at radius 2 is 1.87 bits per heavy atom. The molecule has 236 valence electrons. The molecule has 4 aromatic rings.